The molecule has 0 aliphatic carbocycles. The number of piperidine rings is 1. The fourth-order valence-corrected chi connectivity index (χ4v) is 4.58. The maximum atomic E-state index is 13.6. The van der Waals surface area contributed by atoms with E-state index in [1.165, 1.54) is 0 Å². The van der Waals surface area contributed by atoms with Crippen LogP contribution in [0.15, 0.2) is 18.2 Å². The number of nitrogens with two attached hydrogens (primary N) is 1. The topological polar surface area (TPSA) is 63.4 Å². The molecule has 1 aliphatic rings. The summed E-state index contributed by atoms with van der Waals surface area (Å²) in [4.78, 5) is 0. The van der Waals surface area contributed by atoms with Crippen LogP contribution >= 0.6 is 0 Å². The van der Waals surface area contributed by atoms with Crippen molar-refractivity contribution in [3.63, 3.8) is 0 Å². The monoisotopic (exact) mass is 386 g/mol. The van der Waals surface area contributed by atoms with Gasteiger partial charge in [0.05, 0.1) is 11.7 Å². The average molecular weight is 386 g/mol. The van der Waals surface area contributed by atoms with Crippen molar-refractivity contribution in [2.75, 3.05) is 25.4 Å². The second-order valence-corrected chi connectivity index (χ2v) is 8.15. The summed E-state index contributed by atoms with van der Waals surface area (Å²) in [6.07, 6.45) is -5.21. The molecular formula is C15H19F5N2O2S. The van der Waals surface area contributed by atoms with Crippen LogP contribution in [0.2, 0.25) is 0 Å². The summed E-state index contributed by atoms with van der Waals surface area (Å²) < 4.78 is 91.7. The number of rotatable bonds is 5. The van der Waals surface area contributed by atoms with Crippen molar-refractivity contribution in [1.29, 1.82) is 0 Å². The second-order valence-electron chi connectivity index (χ2n) is 6.06. The molecule has 25 heavy (non-hydrogen) atoms. The van der Waals surface area contributed by atoms with Gasteiger partial charge in [0, 0.05) is 18.7 Å². The van der Waals surface area contributed by atoms with Crippen molar-refractivity contribution in [2.45, 2.75) is 19.0 Å². The lowest BCUT2D eigenvalue weighted by Gasteiger charge is -2.38. The highest BCUT2D eigenvalue weighted by atomic mass is 32.2. The predicted octanol–water partition coefficient (Wildman–Crippen LogP) is 2.30. The minimum atomic E-state index is -4.43. The molecule has 0 saturated carbocycles. The summed E-state index contributed by atoms with van der Waals surface area (Å²) in [5, 5.41) is 0. The minimum absolute atomic E-state index is 0.289. The molecule has 0 spiro atoms. The van der Waals surface area contributed by atoms with Gasteiger partial charge in [0.1, 0.15) is 11.6 Å². The zero-order valence-electron chi connectivity index (χ0n) is 13.3. The van der Waals surface area contributed by atoms with E-state index < -0.39 is 51.8 Å². The molecule has 1 heterocycles. The van der Waals surface area contributed by atoms with Gasteiger partial charge in [-0.3, -0.25) is 0 Å². The molecule has 0 bridgehead atoms. The Kier molecular flexibility index (Phi) is 6.05. The molecule has 0 radical (unpaired) electrons. The number of halogens is 5. The molecule has 10 heteroatoms. The summed E-state index contributed by atoms with van der Waals surface area (Å²) >= 11 is 0. The van der Waals surface area contributed by atoms with Gasteiger partial charge in [0.15, 0.2) is 0 Å². The van der Waals surface area contributed by atoms with E-state index in [4.69, 9.17) is 5.73 Å². The molecule has 2 atom stereocenters. The standard InChI is InChI=1S/C15H19F5N2O2S/c16-13-2-1-3-14(17)11(13)5-7-25(23,24)22-6-4-12(15(18,19)20)10(8-21)9-22/h1-3,10,12H,4-9,21H2. The van der Waals surface area contributed by atoms with Gasteiger partial charge in [0.25, 0.3) is 0 Å². The van der Waals surface area contributed by atoms with E-state index in [1.807, 2.05) is 0 Å². The molecule has 142 valence electrons. The molecule has 1 saturated heterocycles. The maximum absolute atomic E-state index is 13.6. The SMILES string of the molecule is NCC1CN(S(=O)(=O)CCc2c(F)cccc2F)CCC1C(F)(F)F. The summed E-state index contributed by atoms with van der Waals surface area (Å²) in [6, 6.07) is 3.20. The van der Waals surface area contributed by atoms with Crippen LogP contribution in [-0.4, -0.2) is 44.3 Å². The van der Waals surface area contributed by atoms with Gasteiger partial charge in [-0.05, 0) is 37.4 Å². The highest BCUT2D eigenvalue weighted by Gasteiger charge is 2.47. The number of alkyl halides is 3. The molecule has 2 rings (SSSR count). The average Bonchev–Trinajstić information content (AvgIpc) is 2.52. The van der Waals surface area contributed by atoms with Crippen LogP contribution in [0.4, 0.5) is 22.0 Å². The maximum Gasteiger partial charge on any atom is 0.392 e. The van der Waals surface area contributed by atoms with Crippen molar-refractivity contribution in [3.8, 4) is 0 Å². The van der Waals surface area contributed by atoms with Gasteiger partial charge in [-0.15, -0.1) is 0 Å². The Morgan fingerprint density at radius 3 is 2.32 bits per heavy atom. The molecule has 1 fully saturated rings. The molecule has 0 aromatic heterocycles. The molecule has 2 unspecified atom stereocenters. The van der Waals surface area contributed by atoms with E-state index in [0.29, 0.717) is 0 Å². The predicted molar refractivity (Wildman–Crippen MR) is 82.1 cm³/mol. The molecule has 1 aromatic carbocycles. The van der Waals surface area contributed by atoms with E-state index in [2.05, 4.69) is 0 Å². The fourth-order valence-electron chi connectivity index (χ4n) is 3.05. The summed E-state index contributed by atoms with van der Waals surface area (Å²) in [6.45, 7) is -0.927. The van der Waals surface area contributed by atoms with Crippen LogP contribution in [0.1, 0.15) is 12.0 Å². The van der Waals surface area contributed by atoms with Gasteiger partial charge < -0.3 is 5.73 Å². The van der Waals surface area contributed by atoms with Crippen molar-refractivity contribution in [1.82, 2.24) is 4.31 Å². The number of nitrogens with zero attached hydrogens (tertiary/aromatic N) is 1. The van der Waals surface area contributed by atoms with Crippen molar-refractivity contribution < 1.29 is 30.4 Å². The van der Waals surface area contributed by atoms with Crippen LogP contribution in [-0.2, 0) is 16.4 Å². The Morgan fingerprint density at radius 1 is 1.20 bits per heavy atom. The summed E-state index contributed by atoms with van der Waals surface area (Å²) in [5.74, 6) is -4.97. The van der Waals surface area contributed by atoms with E-state index in [0.717, 1.165) is 22.5 Å². The van der Waals surface area contributed by atoms with Gasteiger partial charge in [-0.2, -0.15) is 13.2 Å². The van der Waals surface area contributed by atoms with Gasteiger partial charge in [-0.25, -0.2) is 21.5 Å². The van der Waals surface area contributed by atoms with E-state index in [9.17, 15) is 30.4 Å². The Hall–Kier alpha value is -1.26. The van der Waals surface area contributed by atoms with Crippen molar-refractivity contribution >= 4 is 10.0 Å². The summed E-state index contributed by atoms with van der Waals surface area (Å²) in [5.41, 5.74) is 5.02. The van der Waals surface area contributed by atoms with Crippen molar-refractivity contribution in [2.24, 2.45) is 17.6 Å². The first-order chi connectivity index (χ1) is 11.6. The number of sulfonamides is 1. The van der Waals surface area contributed by atoms with Crippen molar-refractivity contribution in [3.05, 3.63) is 35.4 Å². The van der Waals surface area contributed by atoms with E-state index in [-0.39, 0.29) is 31.6 Å². The first-order valence-corrected chi connectivity index (χ1v) is 9.34. The van der Waals surface area contributed by atoms with E-state index in [1.54, 1.807) is 0 Å². The largest absolute Gasteiger partial charge is 0.392 e. The number of hydrogen-bond donors (Lipinski definition) is 1. The smallest absolute Gasteiger partial charge is 0.330 e. The van der Waals surface area contributed by atoms with E-state index >= 15 is 0 Å². The third-order valence-electron chi connectivity index (χ3n) is 4.48. The molecule has 1 aliphatic heterocycles. The van der Waals surface area contributed by atoms with Crippen LogP contribution in [0.25, 0.3) is 0 Å². The lowest BCUT2D eigenvalue weighted by molar-refractivity contribution is -0.196. The number of hydrogen-bond acceptors (Lipinski definition) is 3. The second kappa shape index (κ2) is 7.55. The zero-order valence-corrected chi connectivity index (χ0v) is 14.1. The Bertz CT molecular complexity index is 688. The number of benzene rings is 1. The van der Waals surface area contributed by atoms with Crippen LogP contribution in [0, 0.1) is 23.5 Å². The lowest BCUT2D eigenvalue weighted by Crippen LogP contribution is -2.50. The van der Waals surface area contributed by atoms with Crippen LogP contribution < -0.4 is 5.73 Å². The quantitative estimate of drug-likeness (QED) is 0.790. The third kappa shape index (κ3) is 4.68. The molecular weight excluding hydrogens is 367 g/mol. The first kappa shape index (κ1) is 20.1. The molecule has 4 nitrogen and oxygen atoms in total. The molecule has 0 amide bonds. The Labute approximate surface area is 142 Å². The Balaban J connectivity index is 2.08. The van der Waals surface area contributed by atoms with Gasteiger partial charge in [-0.1, -0.05) is 6.07 Å². The molecule has 2 N–H and O–H groups in total. The fraction of sp³-hybridized carbons (Fsp3) is 0.600. The minimum Gasteiger partial charge on any atom is -0.330 e. The lowest BCUT2D eigenvalue weighted by atomic mass is 9.86. The molecule has 1 aromatic rings. The normalized spacial score (nSPS) is 23.0. The third-order valence-corrected chi connectivity index (χ3v) is 6.32. The highest BCUT2D eigenvalue weighted by molar-refractivity contribution is 7.89. The van der Waals surface area contributed by atoms with Gasteiger partial charge >= 0.3 is 6.18 Å². The van der Waals surface area contributed by atoms with Crippen LogP contribution in [0.3, 0.4) is 0 Å². The first-order valence-electron chi connectivity index (χ1n) is 7.73. The summed E-state index contributed by atoms with van der Waals surface area (Å²) in [7, 11) is -3.95. The highest BCUT2D eigenvalue weighted by Crippen LogP contribution is 2.38. The Morgan fingerprint density at radius 2 is 1.80 bits per heavy atom. The van der Waals surface area contributed by atoms with Crippen LogP contribution in [0.5, 0.6) is 0 Å². The van der Waals surface area contributed by atoms with Gasteiger partial charge in [0.2, 0.25) is 10.0 Å². The zero-order chi connectivity index (χ0) is 18.8.